The van der Waals surface area contributed by atoms with E-state index in [1.807, 2.05) is 39.0 Å². The Balaban J connectivity index is 3.01. The zero-order valence-electron chi connectivity index (χ0n) is 9.53. The standard InChI is InChI=1S/C12H18O2S/c1-4-10-15(13,14)11-6-5-8-12(2,3)9-7-11/h5-9H,4,10H2,1-3H3. The van der Waals surface area contributed by atoms with Crippen molar-refractivity contribution in [2.45, 2.75) is 27.2 Å². The third-order valence-electron chi connectivity index (χ3n) is 2.30. The molecule has 0 fully saturated rings. The second-order valence-corrected chi connectivity index (χ2v) is 6.51. The molecule has 1 aliphatic rings. The lowest BCUT2D eigenvalue weighted by Crippen LogP contribution is -2.07. The van der Waals surface area contributed by atoms with Gasteiger partial charge in [-0.25, -0.2) is 8.42 Å². The zero-order chi connectivity index (χ0) is 11.5. The Labute approximate surface area is 92.3 Å². The molecule has 0 saturated heterocycles. The van der Waals surface area contributed by atoms with Crippen LogP contribution in [-0.4, -0.2) is 14.2 Å². The Hall–Kier alpha value is -0.830. The molecule has 84 valence electrons. The maximum atomic E-state index is 11.8. The monoisotopic (exact) mass is 226 g/mol. The van der Waals surface area contributed by atoms with Crippen molar-refractivity contribution in [1.29, 1.82) is 0 Å². The van der Waals surface area contributed by atoms with E-state index in [0.29, 0.717) is 11.3 Å². The average molecular weight is 226 g/mol. The molecule has 0 unspecified atom stereocenters. The van der Waals surface area contributed by atoms with Crippen molar-refractivity contribution in [2.75, 3.05) is 5.75 Å². The SMILES string of the molecule is CCCS(=O)(=O)C1=CC=CC(C)(C)C=C1. The summed E-state index contributed by atoms with van der Waals surface area (Å²) in [5.74, 6) is 0.220. The Morgan fingerprint density at radius 1 is 1.27 bits per heavy atom. The summed E-state index contributed by atoms with van der Waals surface area (Å²) in [4.78, 5) is 0.422. The Kier molecular flexibility index (Phi) is 3.55. The van der Waals surface area contributed by atoms with Crippen molar-refractivity contribution in [3.63, 3.8) is 0 Å². The number of allylic oxidation sites excluding steroid dienone is 5. The zero-order valence-corrected chi connectivity index (χ0v) is 10.3. The molecular weight excluding hydrogens is 208 g/mol. The lowest BCUT2D eigenvalue weighted by atomic mass is 9.93. The van der Waals surface area contributed by atoms with Gasteiger partial charge >= 0.3 is 0 Å². The van der Waals surface area contributed by atoms with Crippen LogP contribution < -0.4 is 0 Å². The van der Waals surface area contributed by atoms with Crippen LogP contribution >= 0.6 is 0 Å². The van der Waals surface area contributed by atoms with Crippen molar-refractivity contribution >= 4 is 9.84 Å². The molecule has 0 saturated carbocycles. The van der Waals surface area contributed by atoms with Gasteiger partial charge in [0.25, 0.3) is 0 Å². The van der Waals surface area contributed by atoms with Crippen molar-refractivity contribution < 1.29 is 8.42 Å². The first kappa shape index (κ1) is 12.2. The highest BCUT2D eigenvalue weighted by molar-refractivity contribution is 7.95. The van der Waals surface area contributed by atoms with Crippen LogP contribution in [0.3, 0.4) is 0 Å². The smallest absolute Gasteiger partial charge is 0.178 e. The maximum absolute atomic E-state index is 11.8. The minimum Gasteiger partial charge on any atom is -0.224 e. The predicted octanol–water partition coefficient (Wildman–Crippen LogP) is 2.85. The molecule has 0 bridgehead atoms. The van der Waals surface area contributed by atoms with Crippen LogP contribution in [0.25, 0.3) is 0 Å². The van der Waals surface area contributed by atoms with Crippen LogP contribution in [0.4, 0.5) is 0 Å². The van der Waals surface area contributed by atoms with E-state index < -0.39 is 9.84 Å². The van der Waals surface area contributed by atoms with Gasteiger partial charge in [-0.15, -0.1) is 0 Å². The van der Waals surface area contributed by atoms with E-state index in [4.69, 9.17) is 0 Å². The Bertz CT molecular complexity index is 409. The third-order valence-corrected chi connectivity index (χ3v) is 4.23. The summed E-state index contributed by atoms with van der Waals surface area (Å²) >= 11 is 0. The lowest BCUT2D eigenvalue weighted by Gasteiger charge is -2.12. The van der Waals surface area contributed by atoms with Gasteiger partial charge in [0.1, 0.15) is 0 Å². The molecule has 0 aromatic rings. The Morgan fingerprint density at radius 3 is 2.53 bits per heavy atom. The minimum atomic E-state index is -3.08. The van der Waals surface area contributed by atoms with Crippen molar-refractivity contribution in [3.05, 3.63) is 35.3 Å². The molecule has 1 aliphatic carbocycles. The molecule has 15 heavy (non-hydrogen) atoms. The highest BCUT2D eigenvalue weighted by Gasteiger charge is 2.17. The van der Waals surface area contributed by atoms with Crippen LogP contribution in [-0.2, 0) is 9.84 Å². The van der Waals surface area contributed by atoms with Crippen LogP contribution in [0.15, 0.2) is 35.3 Å². The molecule has 0 N–H and O–H groups in total. The number of hydrogen-bond donors (Lipinski definition) is 0. The second kappa shape index (κ2) is 4.35. The van der Waals surface area contributed by atoms with E-state index >= 15 is 0 Å². The molecule has 0 spiro atoms. The first-order valence-electron chi connectivity index (χ1n) is 5.19. The van der Waals surface area contributed by atoms with E-state index in [2.05, 4.69) is 0 Å². The fraction of sp³-hybridized carbons (Fsp3) is 0.500. The molecule has 0 aromatic heterocycles. The topological polar surface area (TPSA) is 34.1 Å². The lowest BCUT2D eigenvalue weighted by molar-refractivity contribution is 0.601. The van der Waals surface area contributed by atoms with Crippen molar-refractivity contribution in [2.24, 2.45) is 5.41 Å². The van der Waals surface area contributed by atoms with Crippen molar-refractivity contribution in [3.8, 4) is 0 Å². The summed E-state index contributed by atoms with van der Waals surface area (Å²) in [5, 5.41) is 0. The number of rotatable bonds is 3. The molecule has 0 aliphatic heterocycles. The predicted molar refractivity (Wildman–Crippen MR) is 64.2 cm³/mol. The fourth-order valence-electron chi connectivity index (χ4n) is 1.39. The van der Waals surface area contributed by atoms with Gasteiger partial charge in [0.15, 0.2) is 9.84 Å². The first-order valence-corrected chi connectivity index (χ1v) is 6.84. The highest BCUT2D eigenvalue weighted by atomic mass is 32.2. The Morgan fingerprint density at radius 2 is 1.93 bits per heavy atom. The van der Waals surface area contributed by atoms with Gasteiger partial charge < -0.3 is 0 Å². The molecule has 0 aromatic carbocycles. The van der Waals surface area contributed by atoms with Crippen LogP contribution in [0, 0.1) is 5.41 Å². The van der Waals surface area contributed by atoms with Crippen molar-refractivity contribution in [1.82, 2.24) is 0 Å². The molecule has 0 radical (unpaired) electrons. The summed E-state index contributed by atoms with van der Waals surface area (Å²) < 4.78 is 23.6. The number of hydrogen-bond acceptors (Lipinski definition) is 2. The van der Waals surface area contributed by atoms with Gasteiger partial charge in [0.05, 0.1) is 10.7 Å². The summed E-state index contributed by atoms with van der Waals surface area (Å²) in [5.41, 5.74) is -0.0695. The van der Waals surface area contributed by atoms with Gasteiger partial charge in [0.2, 0.25) is 0 Å². The third kappa shape index (κ3) is 3.34. The molecule has 1 rings (SSSR count). The second-order valence-electron chi connectivity index (χ2n) is 4.40. The van der Waals surface area contributed by atoms with E-state index in [9.17, 15) is 8.42 Å². The molecule has 0 atom stereocenters. The largest absolute Gasteiger partial charge is 0.224 e. The first-order chi connectivity index (χ1) is 6.87. The normalized spacial score (nSPS) is 19.8. The molecule has 0 amide bonds. The van der Waals surface area contributed by atoms with E-state index in [0.717, 1.165) is 0 Å². The maximum Gasteiger partial charge on any atom is 0.178 e. The van der Waals surface area contributed by atoms with E-state index in [1.54, 1.807) is 12.2 Å². The molecule has 0 heterocycles. The summed E-state index contributed by atoms with van der Waals surface area (Å²) in [6.45, 7) is 5.96. The van der Waals surface area contributed by atoms with Gasteiger partial charge in [-0.3, -0.25) is 0 Å². The summed E-state index contributed by atoms with van der Waals surface area (Å²) in [7, 11) is -3.08. The van der Waals surface area contributed by atoms with E-state index in [1.165, 1.54) is 0 Å². The highest BCUT2D eigenvalue weighted by Crippen LogP contribution is 2.24. The molecule has 3 heteroatoms. The fourth-order valence-corrected chi connectivity index (χ4v) is 2.73. The molecule has 2 nitrogen and oxygen atoms in total. The van der Waals surface area contributed by atoms with Gasteiger partial charge in [-0.1, -0.05) is 39.0 Å². The summed E-state index contributed by atoms with van der Waals surface area (Å²) in [6, 6.07) is 0. The van der Waals surface area contributed by atoms with Crippen LogP contribution in [0.1, 0.15) is 27.2 Å². The van der Waals surface area contributed by atoms with Gasteiger partial charge in [-0.05, 0) is 18.6 Å². The van der Waals surface area contributed by atoms with E-state index in [-0.39, 0.29) is 11.2 Å². The van der Waals surface area contributed by atoms with Gasteiger partial charge in [0, 0.05) is 5.41 Å². The van der Waals surface area contributed by atoms with Crippen LogP contribution in [0.5, 0.6) is 0 Å². The summed E-state index contributed by atoms with van der Waals surface area (Å²) in [6.07, 6.45) is 9.79. The minimum absolute atomic E-state index is 0.0695. The quantitative estimate of drug-likeness (QED) is 0.741. The average Bonchev–Trinajstić information content (AvgIpc) is 2.26. The number of sulfone groups is 1. The van der Waals surface area contributed by atoms with Crippen LogP contribution in [0.2, 0.25) is 0 Å². The molecular formula is C12H18O2S. The van der Waals surface area contributed by atoms with Gasteiger partial charge in [-0.2, -0.15) is 0 Å².